The van der Waals surface area contributed by atoms with E-state index in [0.29, 0.717) is 30.2 Å². The van der Waals surface area contributed by atoms with Gasteiger partial charge in [-0.3, -0.25) is 4.79 Å². The number of benzene rings is 1. The zero-order valence-electron chi connectivity index (χ0n) is 13.5. The number of carbonyl (C=O) groups excluding carboxylic acids is 1. The number of aliphatic hydroxyl groups excluding tert-OH is 1. The lowest BCUT2D eigenvalue weighted by molar-refractivity contribution is 0.0720. The molecule has 0 atom stereocenters. The quantitative estimate of drug-likeness (QED) is 0.870. The Morgan fingerprint density at radius 1 is 1.33 bits per heavy atom. The molecule has 1 aliphatic carbocycles. The van der Waals surface area contributed by atoms with Gasteiger partial charge in [0, 0.05) is 36.7 Å². The highest BCUT2D eigenvalue weighted by Crippen LogP contribution is 2.25. The van der Waals surface area contributed by atoms with Crippen LogP contribution in [-0.2, 0) is 19.4 Å². The van der Waals surface area contributed by atoms with Gasteiger partial charge < -0.3 is 14.5 Å². The average Bonchev–Trinajstić information content (AvgIpc) is 3.02. The van der Waals surface area contributed by atoms with Gasteiger partial charge in [0.05, 0.1) is 0 Å². The van der Waals surface area contributed by atoms with E-state index in [0.717, 1.165) is 42.6 Å². The third-order valence-corrected chi connectivity index (χ3v) is 4.52. The number of fused-ring (bicyclic) bond motifs is 1. The Morgan fingerprint density at radius 2 is 2.17 bits per heavy atom. The minimum absolute atomic E-state index is 0.0379. The largest absolute Gasteiger partial charge is 0.396 e. The van der Waals surface area contributed by atoms with Crippen molar-refractivity contribution < 1.29 is 14.4 Å². The Balaban J connectivity index is 1.82. The molecule has 1 N–H and O–H groups in total. The normalized spacial score (nSPS) is 13.6. The lowest BCUT2D eigenvalue weighted by atomic mass is 9.96. The SMILES string of the molecule is O=C(c1noc2c1CCCC2)N(CCCO)Cc1cccc(Cl)c1. The van der Waals surface area contributed by atoms with Gasteiger partial charge in [-0.2, -0.15) is 0 Å². The van der Waals surface area contributed by atoms with E-state index in [9.17, 15) is 4.79 Å². The predicted octanol–water partition coefficient (Wildman–Crippen LogP) is 3.23. The zero-order valence-corrected chi connectivity index (χ0v) is 14.3. The number of aryl methyl sites for hydroxylation is 1. The van der Waals surface area contributed by atoms with E-state index in [4.69, 9.17) is 21.2 Å². The molecule has 5 nitrogen and oxygen atoms in total. The summed E-state index contributed by atoms with van der Waals surface area (Å²) in [6.07, 6.45) is 4.34. The molecule has 0 bridgehead atoms. The van der Waals surface area contributed by atoms with Crippen molar-refractivity contribution in [1.29, 1.82) is 0 Å². The van der Waals surface area contributed by atoms with Gasteiger partial charge in [0.2, 0.25) is 0 Å². The number of aromatic nitrogens is 1. The molecule has 0 saturated carbocycles. The summed E-state index contributed by atoms with van der Waals surface area (Å²) in [4.78, 5) is 14.7. The Morgan fingerprint density at radius 3 is 2.96 bits per heavy atom. The number of aliphatic hydroxyl groups is 1. The molecule has 1 amide bonds. The third kappa shape index (κ3) is 3.79. The van der Waals surface area contributed by atoms with E-state index >= 15 is 0 Å². The Labute approximate surface area is 146 Å². The molecule has 1 aliphatic rings. The molecule has 1 aromatic heterocycles. The van der Waals surface area contributed by atoms with E-state index in [-0.39, 0.29) is 12.5 Å². The lowest BCUT2D eigenvalue weighted by Gasteiger charge is -2.22. The average molecular weight is 349 g/mol. The molecule has 6 heteroatoms. The minimum atomic E-state index is -0.143. The van der Waals surface area contributed by atoms with Crippen LogP contribution in [0.4, 0.5) is 0 Å². The van der Waals surface area contributed by atoms with E-state index in [1.165, 1.54) is 0 Å². The van der Waals surface area contributed by atoms with Gasteiger partial charge in [-0.25, -0.2) is 0 Å². The number of carbonyl (C=O) groups is 1. The highest BCUT2D eigenvalue weighted by molar-refractivity contribution is 6.30. The number of rotatable bonds is 6. The molecule has 0 aliphatic heterocycles. The summed E-state index contributed by atoms with van der Waals surface area (Å²) in [5, 5.41) is 13.8. The van der Waals surface area contributed by atoms with Gasteiger partial charge >= 0.3 is 0 Å². The topological polar surface area (TPSA) is 66.6 Å². The monoisotopic (exact) mass is 348 g/mol. The second kappa shape index (κ2) is 7.81. The van der Waals surface area contributed by atoms with Crippen molar-refractivity contribution in [1.82, 2.24) is 10.1 Å². The number of amides is 1. The van der Waals surface area contributed by atoms with Crippen LogP contribution in [-0.4, -0.2) is 34.2 Å². The van der Waals surface area contributed by atoms with Crippen LogP contribution in [0.3, 0.4) is 0 Å². The molecule has 1 aromatic carbocycles. The van der Waals surface area contributed by atoms with E-state index in [1.54, 1.807) is 11.0 Å². The van der Waals surface area contributed by atoms with Crippen molar-refractivity contribution in [2.75, 3.05) is 13.2 Å². The molecule has 0 radical (unpaired) electrons. The molecule has 128 valence electrons. The number of halogens is 1. The summed E-state index contributed by atoms with van der Waals surface area (Å²) in [6, 6.07) is 7.45. The summed E-state index contributed by atoms with van der Waals surface area (Å²) in [5.41, 5.74) is 2.32. The number of nitrogens with zero attached hydrogens (tertiary/aromatic N) is 2. The first-order chi connectivity index (χ1) is 11.7. The Bertz CT molecular complexity index is 714. The van der Waals surface area contributed by atoms with Crippen LogP contribution in [0.5, 0.6) is 0 Å². The maximum atomic E-state index is 13.0. The standard InChI is InChI=1S/C18H21ClN2O3/c19-14-6-3-5-13(11-14)12-21(9-4-10-22)18(23)17-15-7-1-2-8-16(15)24-20-17/h3,5-6,11,22H,1-2,4,7-10,12H2. The molecule has 24 heavy (non-hydrogen) atoms. The summed E-state index contributed by atoms with van der Waals surface area (Å²) in [5.74, 6) is 0.699. The van der Waals surface area contributed by atoms with Gasteiger partial charge in [0.25, 0.3) is 5.91 Å². The summed E-state index contributed by atoms with van der Waals surface area (Å²) < 4.78 is 5.36. The van der Waals surface area contributed by atoms with Crippen molar-refractivity contribution in [3.05, 3.63) is 51.9 Å². The maximum absolute atomic E-state index is 13.0. The first kappa shape index (κ1) is 17.0. The Kier molecular flexibility index (Phi) is 5.53. The Hall–Kier alpha value is -1.85. The molecular formula is C18H21ClN2O3. The highest BCUT2D eigenvalue weighted by atomic mass is 35.5. The second-order valence-corrected chi connectivity index (χ2v) is 6.51. The van der Waals surface area contributed by atoms with Crippen molar-refractivity contribution in [3.63, 3.8) is 0 Å². The van der Waals surface area contributed by atoms with Crippen LogP contribution in [0.2, 0.25) is 5.02 Å². The van der Waals surface area contributed by atoms with Gasteiger partial charge in [0.1, 0.15) is 5.76 Å². The van der Waals surface area contributed by atoms with Crippen LogP contribution in [0.15, 0.2) is 28.8 Å². The molecular weight excluding hydrogens is 328 g/mol. The minimum Gasteiger partial charge on any atom is -0.396 e. The van der Waals surface area contributed by atoms with E-state index in [1.807, 2.05) is 18.2 Å². The van der Waals surface area contributed by atoms with Crippen molar-refractivity contribution in [3.8, 4) is 0 Å². The molecule has 3 rings (SSSR count). The number of hydrogen-bond donors (Lipinski definition) is 1. The first-order valence-corrected chi connectivity index (χ1v) is 8.69. The van der Waals surface area contributed by atoms with Crippen molar-refractivity contribution >= 4 is 17.5 Å². The van der Waals surface area contributed by atoms with E-state index < -0.39 is 0 Å². The number of hydrogen-bond acceptors (Lipinski definition) is 4. The summed E-state index contributed by atoms with van der Waals surface area (Å²) >= 11 is 6.04. The molecule has 1 heterocycles. The summed E-state index contributed by atoms with van der Waals surface area (Å²) in [7, 11) is 0. The first-order valence-electron chi connectivity index (χ1n) is 8.31. The molecule has 0 saturated heterocycles. The molecule has 0 unspecified atom stereocenters. The molecule has 0 fully saturated rings. The van der Waals surface area contributed by atoms with Crippen LogP contribution < -0.4 is 0 Å². The zero-order chi connectivity index (χ0) is 16.9. The fourth-order valence-corrected chi connectivity index (χ4v) is 3.29. The summed E-state index contributed by atoms with van der Waals surface area (Å²) in [6.45, 7) is 0.931. The van der Waals surface area contributed by atoms with Crippen LogP contribution in [0.25, 0.3) is 0 Å². The second-order valence-electron chi connectivity index (χ2n) is 6.07. The van der Waals surface area contributed by atoms with Gasteiger partial charge in [0.15, 0.2) is 5.69 Å². The molecule has 2 aromatic rings. The maximum Gasteiger partial charge on any atom is 0.276 e. The van der Waals surface area contributed by atoms with Gasteiger partial charge in [-0.1, -0.05) is 28.9 Å². The van der Waals surface area contributed by atoms with Gasteiger partial charge in [-0.05, 0) is 43.4 Å². The fourth-order valence-electron chi connectivity index (χ4n) is 3.07. The fraction of sp³-hybridized carbons (Fsp3) is 0.444. The third-order valence-electron chi connectivity index (χ3n) is 4.29. The lowest BCUT2D eigenvalue weighted by Crippen LogP contribution is -2.33. The van der Waals surface area contributed by atoms with Crippen LogP contribution in [0.1, 0.15) is 46.6 Å². The van der Waals surface area contributed by atoms with Crippen LogP contribution >= 0.6 is 11.6 Å². The van der Waals surface area contributed by atoms with Crippen molar-refractivity contribution in [2.24, 2.45) is 0 Å². The van der Waals surface area contributed by atoms with Crippen LogP contribution in [0, 0.1) is 0 Å². The van der Waals surface area contributed by atoms with Gasteiger partial charge in [-0.15, -0.1) is 0 Å². The smallest absolute Gasteiger partial charge is 0.276 e. The van der Waals surface area contributed by atoms with E-state index in [2.05, 4.69) is 5.16 Å². The van der Waals surface area contributed by atoms with Crippen molar-refractivity contribution in [2.45, 2.75) is 38.6 Å². The predicted molar refractivity (Wildman–Crippen MR) is 91.0 cm³/mol. The highest BCUT2D eigenvalue weighted by Gasteiger charge is 2.27. The molecule has 0 spiro atoms.